The number of nitrogens with zero attached hydrogens (tertiary/aromatic N) is 1. The van der Waals surface area contributed by atoms with Gasteiger partial charge < -0.3 is 28.5 Å². The van der Waals surface area contributed by atoms with Crippen LogP contribution in [0.5, 0.6) is 0 Å². The van der Waals surface area contributed by atoms with Gasteiger partial charge in [-0.1, -0.05) is 153 Å². The molecule has 0 fully saturated rings. The first-order chi connectivity index (χ1) is 27.6. The van der Waals surface area contributed by atoms with E-state index in [2.05, 4.69) is 50.3 Å². The van der Waals surface area contributed by atoms with Gasteiger partial charge in [-0.15, -0.1) is 0 Å². The maximum absolute atomic E-state index is 12.7. The summed E-state index contributed by atoms with van der Waals surface area (Å²) in [6.45, 7) is 4.78. The third kappa shape index (κ3) is 41.5. The normalized spacial score (nSPS) is 13.2. The van der Waals surface area contributed by atoms with Crippen LogP contribution in [0.25, 0.3) is 0 Å². The molecule has 0 heterocycles. The topological polar surface area (TPSA) is 108 Å². The van der Waals surface area contributed by atoms with Crippen molar-refractivity contribution in [1.82, 2.24) is 0 Å². The Balaban J connectivity index is 4.39. The summed E-state index contributed by atoms with van der Waals surface area (Å²) >= 11 is 0. The molecule has 2 unspecified atom stereocenters. The molecule has 0 aromatic carbocycles. The highest BCUT2D eigenvalue weighted by atomic mass is 16.7. The molecule has 0 bridgehead atoms. The smallest absolute Gasteiger partial charge is 0.361 e. The summed E-state index contributed by atoms with van der Waals surface area (Å²) in [7, 11) is 5.95. The van der Waals surface area contributed by atoms with E-state index >= 15 is 0 Å². The van der Waals surface area contributed by atoms with Gasteiger partial charge in [0.15, 0.2) is 6.10 Å². The fraction of sp³-hybridized carbons (Fsp3) is 0.812. The Morgan fingerprint density at radius 1 is 0.526 bits per heavy atom. The Labute approximate surface area is 350 Å². The average Bonchev–Trinajstić information content (AvgIpc) is 3.17. The van der Waals surface area contributed by atoms with Crippen molar-refractivity contribution in [2.24, 2.45) is 0 Å². The zero-order valence-corrected chi connectivity index (χ0v) is 37.5. The SMILES string of the molecule is CCC/C=C\C/C=C\CCCCCCCC(=O)OC(COC(=O)CCCCCCCCCCC/C=C\CCCCCCCC)COC(OCC[N+](C)(C)C)C(=O)O. The van der Waals surface area contributed by atoms with Gasteiger partial charge in [0.25, 0.3) is 6.29 Å². The molecule has 0 spiro atoms. The van der Waals surface area contributed by atoms with E-state index in [1.165, 1.54) is 96.3 Å². The summed E-state index contributed by atoms with van der Waals surface area (Å²) in [6.07, 6.45) is 42.0. The lowest BCUT2D eigenvalue weighted by atomic mass is 10.1. The Morgan fingerprint density at radius 3 is 1.47 bits per heavy atom. The zero-order chi connectivity index (χ0) is 42.1. The van der Waals surface area contributed by atoms with E-state index in [0.29, 0.717) is 23.9 Å². The van der Waals surface area contributed by atoms with Crippen LogP contribution in [0.1, 0.15) is 194 Å². The lowest BCUT2D eigenvalue weighted by Gasteiger charge is -2.25. The van der Waals surface area contributed by atoms with Crippen molar-refractivity contribution in [2.75, 3.05) is 47.5 Å². The van der Waals surface area contributed by atoms with Gasteiger partial charge in [-0.2, -0.15) is 0 Å². The van der Waals surface area contributed by atoms with Crippen LogP contribution in [0.3, 0.4) is 0 Å². The Kier molecular flexibility index (Phi) is 38.5. The van der Waals surface area contributed by atoms with E-state index in [1.807, 2.05) is 21.1 Å². The van der Waals surface area contributed by atoms with E-state index in [0.717, 1.165) is 64.2 Å². The molecule has 0 aliphatic heterocycles. The molecule has 0 amide bonds. The number of carbonyl (C=O) groups excluding carboxylic acids is 2. The molecule has 0 aliphatic rings. The molecular formula is C48H88NO8+. The second kappa shape index (κ2) is 40.3. The second-order valence-electron chi connectivity index (χ2n) is 16.7. The first-order valence-corrected chi connectivity index (χ1v) is 23.2. The summed E-state index contributed by atoms with van der Waals surface area (Å²) in [5.41, 5.74) is 0. The first kappa shape index (κ1) is 54.5. The van der Waals surface area contributed by atoms with Gasteiger partial charge in [-0.25, -0.2) is 4.79 Å². The van der Waals surface area contributed by atoms with Crippen LogP contribution in [0, 0.1) is 0 Å². The highest BCUT2D eigenvalue weighted by Gasteiger charge is 2.25. The minimum absolute atomic E-state index is 0.184. The van der Waals surface area contributed by atoms with Gasteiger partial charge in [0.05, 0.1) is 34.4 Å². The maximum Gasteiger partial charge on any atom is 0.361 e. The van der Waals surface area contributed by atoms with Crippen LogP contribution in [0.4, 0.5) is 0 Å². The van der Waals surface area contributed by atoms with E-state index in [4.69, 9.17) is 18.9 Å². The zero-order valence-electron chi connectivity index (χ0n) is 37.5. The third-order valence-corrected chi connectivity index (χ3v) is 9.85. The second-order valence-corrected chi connectivity index (χ2v) is 16.7. The quantitative estimate of drug-likeness (QED) is 0.0214. The first-order valence-electron chi connectivity index (χ1n) is 23.2. The summed E-state index contributed by atoms with van der Waals surface area (Å²) in [4.78, 5) is 37.1. The summed E-state index contributed by atoms with van der Waals surface area (Å²) in [5.74, 6) is -2.03. The molecule has 0 aliphatic carbocycles. The van der Waals surface area contributed by atoms with Crippen LogP contribution in [-0.2, 0) is 33.3 Å². The number of aliphatic carboxylic acids is 1. The van der Waals surface area contributed by atoms with Crippen molar-refractivity contribution >= 4 is 17.9 Å². The van der Waals surface area contributed by atoms with Gasteiger partial charge in [0, 0.05) is 12.8 Å². The number of hydrogen-bond acceptors (Lipinski definition) is 7. The summed E-state index contributed by atoms with van der Waals surface area (Å²) in [6, 6.07) is 0. The van der Waals surface area contributed by atoms with Gasteiger partial charge in [0.1, 0.15) is 13.2 Å². The largest absolute Gasteiger partial charge is 0.477 e. The number of quaternary nitrogens is 1. The number of allylic oxidation sites excluding steroid dienone is 6. The Hall–Kier alpha value is -2.49. The molecular weight excluding hydrogens is 719 g/mol. The van der Waals surface area contributed by atoms with Crippen molar-refractivity contribution < 1.29 is 42.9 Å². The number of carboxylic acid groups (broad SMARTS) is 1. The third-order valence-electron chi connectivity index (χ3n) is 9.85. The number of likely N-dealkylation sites (N-methyl/N-ethyl adjacent to an activating group) is 1. The van der Waals surface area contributed by atoms with E-state index in [-0.39, 0.29) is 32.2 Å². The highest BCUT2D eigenvalue weighted by molar-refractivity contribution is 5.71. The number of rotatable bonds is 42. The maximum atomic E-state index is 12.7. The predicted octanol–water partition coefficient (Wildman–Crippen LogP) is 12.2. The van der Waals surface area contributed by atoms with E-state index in [9.17, 15) is 19.5 Å². The fourth-order valence-corrected chi connectivity index (χ4v) is 6.22. The molecule has 57 heavy (non-hydrogen) atoms. The summed E-state index contributed by atoms with van der Waals surface area (Å²) < 4.78 is 22.7. The Bertz CT molecular complexity index is 1030. The standard InChI is InChI=1S/C48H87NO8/c1-6-8-10-12-14-16-18-20-21-22-23-24-25-27-28-30-32-34-36-38-45(50)55-42-44(43-56-48(47(52)53)54-41-40-49(3,4)5)57-46(51)39-37-35-33-31-29-26-19-17-15-13-11-9-7-2/h11,13,17,19-21,44,48H,6-10,12,14-16,18,22-43H2,1-5H3/p+1/b13-11-,19-17-,21-20-. The molecule has 9 heteroatoms. The molecule has 0 aromatic heterocycles. The van der Waals surface area contributed by atoms with Crippen LogP contribution in [0.15, 0.2) is 36.5 Å². The molecule has 0 saturated heterocycles. The van der Waals surface area contributed by atoms with E-state index in [1.54, 1.807) is 0 Å². The number of carbonyl (C=O) groups is 3. The fourth-order valence-electron chi connectivity index (χ4n) is 6.22. The lowest BCUT2D eigenvalue weighted by molar-refractivity contribution is -0.870. The van der Waals surface area contributed by atoms with Crippen LogP contribution in [0.2, 0.25) is 0 Å². The van der Waals surface area contributed by atoms with Gasteiger partial charge in [-0.05, 0) is 64.2 Å². The molecule has 1 N–H and O–H groups in total. The van der Waals surface area contributed by atoms with Gasteiger partial charge in [-0.3, -0.25) is 9.59 Å². The number of esters is 2. The number of unbranched alkanes of at least 4 members (excludes halogenated alkanes) is 21. The van der Waals surface area contributed by atoms with Gasteiger partial charge >= 0.3 is 17.9 Å². The molecule has 0 rings (SSSR count). The lowest BCUT2D eigenvalue weighted by Crippen LogP contribution is -2.40. The average molecular weight is 807 g/mol. The number of carboxylic acids is 1. The van der Waals surface area contributed by atoms with E-state index < -0.39 is 24.3 Å². The van der Waals surface area contributed by atoms with Crippen molar-refractivity contribution in [2.45, 2.75) is 206 Å². The molecule has 2 atom stereocenters. The monoisotopic (exact) mass is 807 g/mol. The highest BCUT2D eigenvalue weighted by Crippen LogP contribution is 2.14. The Morgan fingerprint density at radius 2 is 0.982 bits per heavy atom. The van der Waals surface area contributed by atoms with Crippen LogP contribution in [-0.4, -0.2) is 87.4 Å². The number of ether oxygens (including phenoxy) is 4. The molecule has 0 radical (unpaired) electrons. The van der Waals surface area contributed by atoms with Crippen molar-refractivity contribution in [3.8, 4) is 0 Å². The number of hydrogen-bond donors (Lipinski definition) is 1. The van der Waals surface area contributed by atoms with Crippen molar-refractivity contribution in [1.29, 1.82) is 0 Å². The predicted molar refractivity (Wildman–Crippen MR) is 235 cm³/mol. The van der Waals surface area contributed by atoms with Crippen LogP contribution >= 0.6 is 0 Å². The molecule has 9 nitrogen and oxygen atoms in total. The summed E-state index contributed by atoms with van der Waals surface area (Å²) in [5, 5.41) is 9.63. The van der Waals surface area contributed by atoms with Crippen LogP contribution < -0.4 is 0 Å². The molecule has 0 saturated carbocycles. The van der Waals surface area contributed by atoms with Gasteiger partial charge in [0.2, 0.25) is 0 Å². The van der Waals surface area contributed by atoms with Crippen molar-refractivity contribution in [3.63, 3.8) is 0 Å². The minimum atomic E-state index is -1.51. The minimum Gasteiger partial charge on any atom is -0.477 e. The molecule has 0 aromatic rings. The molecule has 332 valence electrons. The van der Waals surface area contributed by atoms with Crippen molar-refractivity contribution in [3.05, 3.63) is 36.5 Å².